The van der Waals surface area contributed by atoms with Crippen molar-refractivity contribution in [3.8, 4) is 0 Å². The molecule has 27 heavy (non-hydrogen) atoms. The van der Waals surface area contributed by atoms with E-state index in [1.807, 2.05) is 31.2 Å². The minimum atomic E-state index is 0.119. The van der Waals surface area contributed by atoms with Gasteiger partial charge in [-0.25, -0.2) is 0 Å². The van der Waals surface area contributed by atoms with Crippen molar-refractivity contribution < 1.29 is 9.53 Å². The van der Waals surface area contributed by atoms with Crippen molar-refractivity contribution >= 4 is 11.5 Å². The average molecular weight is 367 g/mol. The molecular weight excluding hydrogens is 336 g/mol. The fraction of sp³-hybridized carbons (Fsp3) is 0.435. The first-order valence-corrected chi connectivity index (χ1v) is 9.98. The van der Waals surface area contributed by atoms with Gasteiger partial charge in [0.25, 0.3) is 0 Å². The fourth-order valence-electron chi connectivity index (χ4n) is 3.63. The Morgan fingerprint density at radius 1 is 1.00 bits per heavy atom. The number of nitrogens with zero attached hydrogens (tertiary/aromatic N) is 2. The Kier molecular flexibility index (Phi) is 7.02. The molecule has 1 aliphatic rings. The van der Waals surface area contributed by atoms with Gasteiger partial charge in [-0.3, -0.25) is 9.69 Å². The Morgan fingerprint density at radius 3 is 2.41 bits per heavy atom. The van der Waals surface area contributed by atoms with Gasteiger partial charge < -0.3 is 9.64 Å². The molecule has 1 fully saturated rings. The number of Topliss-reactive ketones (excluding diaryl/α,β-unsaturated/α-hetero) is 1. The normalized spacial score (nSPS) is 16.3. The summed E-state index contributed by atoms with van der Waals surface area (Å²) in [6.45, 7) is 9.55. The highest BCUT2D eigenvalue weighted by Crippen LogP contribution is 2.22. The molecule has 0 radical (unpaired) electrons. The van der Waals surface area contributed by atoms with Gasteiger partial charge in [0.05, 0.1) is 6.10 Å². The highest BCUT2D eigenvalue weighted by Gasteiger charge is 2.22. The largest absolute Gasteiger partial charge is 0.372 e. The summed E-state index contributed by atoms with van der Waals surface area (Å²) in [5.74, 6) is 0.206. The van der Waals surface area contributed by atoms with E-state index in [4.69, 9.17) is 4.74 Å². The number of rotatable bonds is 8. The lowest BCUT2D eigenvalue weighted by Gasteiger charge is -2.37. The predicted octanol–water partition coefficient (Wildman–Crippen LogP) is 4.18. The first-order valence-electron chi connectivity index (χ1n) is 9.98. The minimum absolute atomic E-state index is 0.119. The van der Waals surface area contributed by atoms with Gasteiger partial charge in [0.15, 0.2) is 5.78 Å². The SMILES string of the molecule is CCOC(CN1CCN(c2cccc(C(=O)CC)c2)CC1)c1ccccc1. The highest BCUT2D eigenvalue weighted by molar-refractivity contribution is 5.96. The van der Waals surface area contributed by atoms with Gasteiger partial charge in [-0.2, -0.15) is 0 Å². The average Bonchev–Trinajstić information content (AvgIpc) is 2.74. The summed E-state index contributed by atoms with van der Waals surface area (Å²) >= 11 is 0. The third kappa shape index (κ3) is 5.18. The van der Waals surface area contributed by atoms with Crippen LogP contribution in [-0.4, -0.2) is 50.0 Å². The lowest BCUT2D eigenvalue weighted by atomic mass is 10.1. The molecule has 4 heteroatoms. The van der Waals surface area contributed by atoms with Gasteiger partial charge >= 0.3 is 0 Å². The van der Waals surface area contributed by atoms with E-state index in [2.05, 4.69) is 47.1 Å². The molecule has 0 N–H and O–H groups in total. The van der Waals surface area contributed by atoms with E-state index in [0.29, 0.717) is 6.42 Å². The number of carbonyl (C=O) groups is 1. The van der Waals surface area contributed by atoms with Crippen LogP contribution in [0.4, 0.5) is 5.69 Å². The summed E-state index contributed by atoms with van der Waals surface area (Å²) in [6, 6.07) is 18.5. The molecule has 4 nitrogen and oxygen atoms in total. The third-order valence-electron chi connectivity index (χ3n) is 5.19. The summed E-state index contributed by atoms with van der Waals surface area (Å²) < 4.78 is 6.00. The molecule has 0 aliphatic carbocycles. The summed E-state index contributed by atoms with van der Waals surface area (Å²) in [7, 11) is 0. The molecule has 1 aliphatic heterocycles. The van der Waals surface area contributed by atoms with Crippen LogP contribution in [0.1, 0.15) is 42.3 Å². The molecule has 2 aromatic rings. The Labute approximate surface area is 162 Å². The second-order valence-corrected chi connectivity index (χ2v) is 6.97. The zero-order chi connectivity index (χ0) is 19.1. The van der Waals surface area contributed by atoms with Gasteiger partial charge in [0.1, 0.15) is 0 Å². The topological polar surface area (TPSA) is 32.8 Å². The number of piperazine rings is 1. The zero-order valence-electron chi connectivity index (χ0n) is 16.4. The molecule has 1 atom stereocenters. The lowest BCUT2D eigenvalue weighted by molar-refractivity contribution is 0.0311. The molecule has 0 bridgehead atoms. The van der Waals surface area contributed by atoms with Gasteiger partial charge in [-0.15, -0.1) is 0 Å². The van der Waals surface area contributed by atoms with E-state index in [1.165, 1.54) is 5.56 Å². The summed E-state index contributed by atoms with van der Waals surface area (Å²) in [4.78, 5) is 16.8. The number of hydrogen-bond donors (Lipinski definition) is 0. The van der Waals surface area contributed by atoms with Gasteiger partial charge in [0, 0.05) is 57.0 Å². The van der Waals surface area contributed by atoms with Crippen LogP contribution >= 0.6 is 0 Å². The van der Waals surface area contributed by atoms with E-state index in [0.717, 1.165) is 50.6 Å². The maximum atomic E-state index is 12.0. The molecule has 144 valence electrons. The van der Waals surface area contributed by atoms with Crippen LogP contribution < -0.4 is 4.90 Å². The number of carbonyl (C=O) groups excluding carboxylic acids is 1. The minimum Gasteiger partial charge on any atom is -0.372 e. The van der Waals surface area contributed by atoms with Crippen LogP contribution in [0, 0.1) is 0 Å². The predicted molar refractivity (Wildman–Crippen MR) is 111 cm³/mol. The zero-order valence-corrected chi connectivity index (χ0v) is 16.4. The van der Waals surface area contributed by atoms with Crippen molar-refractivity contribution in [2.45, 2.75) is 26.4 Å². The number of hydrogen-bond acceptors (Lipinski definition) is 4. The van der Waals surface area contributed by atoms with Crippen LogP contribution in [0.15, 0.2) is 54.6 Å². The number of ketones is 1. The number of anilines is 1. The molecule has 1 heterocycles. The number of benzene rings is 2. The quantitative estimate of drug-likeness (QED) is 0.656. The summed E-state index contributed by atoms with van der Waals surface area (Å²) in [5.41, 5.74) is 3.21. The first-order chi connectivity index (χ1) is 13.2. The molecule has 0 spiro atoms. The smallest absolute Gasteiger partial charge is 0.162 e. The molecular formula is C23H30N2O2. The first kappa shape index (κ1) is 19.6. The van der Waals surface area contributed by atoms with Crippen LogP contribution in [0.25, 0.3) is 0 Å². The molecule has 1 saturated heterocycles. The molecule has 0 amide bonds. The fourth-order valence-corrected chi connectivity index (χ4v) is 3.63. The van der Waals surface area contributed by atoms with Crippen LogP contribution in [-0.2, 0) is 4.74 Å². The Bertz CT molecular complexity index is 724. The van der Waals surface area contributed by atoms with E-state index in [1.54, 1.807) is 0 Å². The monoisotopic (exact) mass is 366 g/mol. The van der Waals surface area contributed by atoms with Crippen molar-refractivity contribution in [2.24, 2.45) is 0 Å². The Balaban J connectivity index is 1.59. The lowest BCUT2D eigenvalue weighted by Crippen LogP contribution is -2.47. The van der Waals surface area contributed by atoms with Gasteiger partial charge in [-0.1, -0.05) is 49.4 Å². The Morgan fingerprint density at radius 2 is 1.74 bits per heavy atom. The number of ether oxygens (including phenoxy) is 1. The molecule has 2 aromatic carbocycles. The highest BCUT2D eigenvalue weighted by atomic mass is 16.5. The Hall–Kier alpha value is -2.17. The molecule has 3 rings (SSSR count). The van der Waals surface area contributed by atoms with Crippen LogP contribution in [0.3, 0.4) is 0 Å². The second-order valence-electron chi connectivity index (χ2n) is 6.97. The van der Waals surface area contributed by atoms with Crippen molar-refractivity contribution in [1.82, 2.24) is 4.90 Å². The maximum Gasteiger partial charge on any atom is 0.162 e. The van der Waals surface area contributed by atoms with Gasteiger partial charge in [-0.05, 0) is 24.6 Å². The molecule has 0 aromatic heterocycles. The van der Waals surface area contributed by atoms with Crippen molar-refractivity contribution in [3.05, 3.63) is 65.7 Å². The maximum absolute atomic E-state index is 12.0. The van der Waals surface area contributed by atoms with E-state index >= 15 is 0 Å². The summed E-state index contributed by atoms with van der Waals surface area (Å²) in [5, 5.41) is 0. The molecule has 0 saturated carbocycles. The van der Waals surface area contributed by atoms with E-state index in [9.17, 15) is 4.79 Å². The van der Waals surface area contributed by atoms with Crippen molar-refractivity contribution in [1.29, 1.82) is 0 Å². The van der Waals surface area contributed by atoms with Crippen LogP contribution in [0.5, 0.6) is 0 Å². The van der Waals surface area contributed by atoms with Gasteiger partial charge in [0.2, 0.25) is 0 Å². The summed E-state index contributed by atoms with van der Waals surface area (Å²) in [6.07, 6.45) is 0.670. The van der Waals surface area contributed by atoms with E-state index < -0.39 is 0 Å². The molecule has 1 unspecified atom stereocenters. The second kappa shape index (κ2) is 9.67. The van der Waals surface area contributed by atoms with E-state index in [-0.39, 0.29) is 11.9 Å². The van der Waals surface area contributed by atoms with Crippen LogP contribution in [0.2, 0.25) is 0 Å². The van der Waals surface area contributed by atoms with Crippen molar-refractivity contribution in [2.75, 3.05) is 44.2 Å². The third-order valence-corrected chi connectivity index (χ3v) is 5.19. The standard InChI is InChI=1S/C23H30N2O2/c1-3-22(26)20-11-8-12-21(17-20)25-15-13-24(14-16-25)18-23(27-4-2)19-9-6-5-7-10-19/h5-12,17,23H,3-4,13-16,18H2,1-2H3. The van der Waals surface area contributed by atoms with Crippen molar-refractivity contribution in [3.63, 3.8) is 0 Å².